The van der Waals surface area contributed by atoms with Crippen molar-refractivity contribution in [1.29, 1.82) is 0 Å². The molecule has 0 aromatic heterocycles. The van der Waals surface area contributed by atoms with Crippen LogP contribution in [-0.2, 0) is 21.3 Å². The largest absolute Gasteiger partial charge is 0.438 e. The van der Waals surface area contributed by atoms with Crippen LogP contribution < -0.4 is 0 Å². The fraction of sp³-hybridized carbons (Fsp3) is 0.412. The maximum absolute atomic E-state index is 13.7. The van der Waals surface area contributed by atoms with E-state index < -0.39 is 30.2 Å². The van der Waals surface area contributed by atoms with Gasteiger partial charge in [-0.05, 0) is 84.0 Å². The van der Waals surface area contributed by atoms with E-state index >= 15 is 0 Å². The van der Waals surface area contributed by atoms with Gasteiger partial charge in [-0.15, -0.1) is 0 Å². The highest BCUT2D eigenvalue weighted by Gasteiger charge is 2.72. The van der Waals surface area contributed by atoms with Crippen LogP contribution in [0.25, 0.3) is 11.1 Å². The smallest absolute Gasteiger partial charge is 0.359 e. The molecule has 0 radical (unpaired) electrons. The Kier molecular flexibility index (Phi) is 10.2. The van der Waals surface area contributed by atoms with Crippen LogP contribution in [0.2, 0.25) is 0 Å². The fourth-order valence-corrected chi connectivity index (χ4v) is 5.34. The Labute approximate surface area is 244 Å². The summed E-state index contributed by atoms with van der Waals surface area (Å²) >= 11 is 0. The molecule has 42 heavy (non-hydrogen) atoms. The highest BCUT2D eigenvalue weighted by atomic mass is 19.4. The molecule has 0 aliphatic heterocycles. The Morgan fingerprint density at radius 3 is 1.71 bits per heavy atom. The molecule has 0 atom stereocenters. The molecule has 2 nitrogen and oxygen atoms in total. The van der Waals surface area contributed by atoms with Crippen LogP contribution in [0.15, 0.2) is 60.7 Å². The lowest BCUT2D eigenvalue weighted by molar-refractivity contribution is -0.368. The van der Waals surface area contributed by atoms with Crippen molar-refractivity contribution in [3.8, 4) is 23.0 Å². The first-order chi connectivity index (χ1) is 19.7. The molecule has 0 unspecified atom stereocenters. The lowest BCUT2D eigenvalue weighted by Gasteiger charge is -2.34. The molecule has 8 heteroatoms. The van der Waals surface area contributed by atoms with Gasteiger partial charge in [-0.3, -0.25) is 0 Å². The second kappa shape index (κ2) is 12.9. The van der Waals surface area contributed by atoms with Crippen LogP contribution in [0.3, 0.4) is 0 Å². The zero-order chi connectivity index (χ0) is 31.3. The minimum Gasteiger partial charge on any atom is -0.359 e. The van der Waals surface area contributed by atoms with Gasteiger partial charge in [0.2, 0.25) is 0 Å². The molecule has 0 amide bonds. The van der Waals surface area contributed by atoms with Gasteiger partial charge in [0.05, 0.1) is 0 Å². The lowest BCUT2D eigenvalue weighted by atomic mass is 9.69. The SMILES string of the molecule is CCc1ccc(-c2ccc(C(CC)(CC)c3ccc(C#CC(OCOC)(C(F)(F)F)C(F)(F)F)c(C)c3)cc2C)cc1. The van der Waals surface area contributed by atoms with Gasteiger partial charge in [0.1, 0.15) is 6.79 Å². The van der Waals surface area contributed by atoms with Crippen molar-refractivity contribution in [2.24, 2.45) is 0 Å². The van der Waals surface area contributed by atoms with Gasteiger partial charge in [0, 0.05) is 18.1 Å². The first-order valence-electron chi connectivity index (χ1n) is 13.8. The molecule has 0 fully saturated rings. The van der Waals surface area contributed by atoms with Gasteiger partial charge in [-0.25, -0.2) is 0 Å². The highest BCUT2D eigenvalue weighted by molar-refractivity contribution is 5.68. The number of aryl methyl sites for hydroxylation is 3. The number of methoxy groups -OCH3 is 1. The zero-order valence-corrected chi connectivity index (χ0v) is 24.7. The summed E-state index contributed by atoms with van der Waals surface area (Å²) in [6.07, 6.45) is -9.26. The van der Waals surface area contributed by atoms with Gasteiger partial charge in [-0.2, -0.15) is 26.3 Å². The highest BCUT2D eigenvalue weighted by Crippen LogP contribution is 2.46. The van der Waals surface area contributed by atoms with Crippen LogP contribution in [0.5, 0.6) is 0 Å². The Bertz CT molecular complexity index is 1410. The Morgan fingerprint density at radius 2 is 1.26 bits per heavy atom. The number of rotatable bonds is 9. The first kappa shape index (κ1) is 33.2. The zero-order valence-electron chi connectivity index (χ0n) is 24.7. The summed E-state index contributed by atoms with van der Waals surface area (Å²) in [4.78, 5) is 0. The van der Waals surface area contributed by atoms with E-state index in [1.54, 1.807) is 19.1 Å². The van der Waals surface area contributed by atoms with Crippen LogP contribution in [0.4, 0.5) is 26.3 Å². The first-order valence-corrected chi connectivity index (χ1v) is 13.8. The fourth-order valence-electron chi connectivity index (χ4n) is 5.34. The lowest BCUT2D eigenvalue weighted by Crippen LogP contribution is -2.58. The molecule has 0 saturated carbocycles. The van der Waals surface area contributed by atoms with Crippen LogP contribution in [0, 0.1) is 25.7 Å². The number of halogens is 6. The van der Waals surface area contributed by atoms with Crippen molar-refractivity contribution in [1.82, 2.24) is 0 Å². The Morgan fingerprint density at radius 1 is 0.714 bits per heavy atom. The molecule has 0 saturated heterocycles. The molecule has 0 N–H and O–H groups in total. The number of hydrogen-bond donors (Lipinski definition) is 0. The molecule has 0 bridgehead atoms. The van der Waals surface area contributed by atoms with Gasteiger partial charge in [-0.1, -0.05) is 81.3 Å². The summed E-state index contributed by atoms with van der Waals surface area (Å²) in [6, 6.07) is 19.8. The number of ether oxygens (including phenoxy) is 2. The average Bonchev–Trinajstić information content (AvgIpc) is 2.94. The Hall–Kier alpha value is -3.28. The van der Waals surface area contributed by atoms with Crippen LogP contribution >= 0.6 is 0 Å². The molecule has 3 rings (SSSR count). The normalized spacial score (nSPS) is 12.7. The van der Waals surface area contributed by atoms with Gasteiger partial charge in [0.25, 0.3) is 0 Å². The molecule has 0 aliphatic rings. The summed E-state index contributed by atoms with van der Waals surface area (Å²) in [6.45, 7) is 8.69. The minimum atomic E-state index is -5.84. The molecular formula is C34H36F6O2. The molecule has 0 aliphatic carbocycles. The summed E-state index contributed by atoms with van der Waals surface area (Å²) < 4.78 is 90.7. The van der Waals surface area contributed by atoms with Gasteiger partial charge < -0.3 is 9.47 Å². The van der Waals surface area contributed by atoms with E-state index in [1.807, 2.05) is 0 Å². The van der Waals surface area contributed by atoms with E-state index in [2.05, 4.69) is 85.6 Å². The molecule has 3 aromatic rings. The van der Waals surface area contributed by atoms with E-state index in [0.29, 0.717) is 5.56 Å². The van der Waals surface area contributed by atoms with Crippen molar-refractivity contribution < 1.29 is 35.8 Å². The van der Waals surface area contributed by atoms with Gasteiger partial charge in [0.15, 0.2) is 0 Å². The average molecular weight is 591 g/mol. The predicted molar refractivity (Wildman–Crippen MR) is 153 cm³/mol. The van der Waals surface area contributed by atoms with Crippen molar-refractivity contribution in [3.63, 3.8) is 0 Å². The van der Waals surface area contributed by atoms with E-state index in [0.717, 1.165) is 54.2 Å². The summed E-state index contributed by atoms with van der Waals surface area (Å²) in [5, 5.41) is 0. The van der Waals surface area contributed by atoms with Crippen molar-refractivity contribution in [2.75, 3.05) is 13.9 Å². The second-order valence-corrected chi connectivity index (χ2v) is 10.4. The van der Waals surface area contributed by atoms with Crippen molar-refractivity contribution in [3.05, 3.63) is 94.0 Å². The number of benzene rings is 3. The maximum atomic E-state index is 13.7. The van der Waals surface area contributed by atoms with E-state index in [9.17, 15) is 26.3 Å². The maximum Gasteiger partial charge on any atom is 0.438 e. The summed E-state index contributed by atoms with van der Waals surface area (Å²) in [5.41, 5.74) is 1.99. The van der Waals surface area contributed by atoms with E-state index in [4.69, 9.17) is 0 Å². The van der Waals surface area contributed by atoms with E-state index in [-0.39, 0.29) is 5.56 Å². The number of alkyl halides is 6. The van der Waals surface area contributed by atoms with E-state index in [1.165, 1.54) is 17.6 Å². The van der Waals surface area contributed by atoms with Crippen LogP contribution in [0.1, 0.15) is 67.0 Å². The molecule has 3 aromatic carbocycles. The monoisotopic (exact) mass is 590 g/mol. The molecule has 0 spiro atoms. The Balaban J connectivity index is 2.06. The third kappa shape index (κ3) is 6.38. The summed E-state index contributed by atoms with van der Waals surface area (Å²) in [7, 11) is 0.931. The number of hydrogen-bond acceptors (Lipinski definition) is 2. The molecule has 0 heterocycles. The van der Waals surface area contributed by atoms with Crippen LogP contribution in [-0.4, -0.2) is 31.9 Å². The molecule has 226 valence electrons. The standard InChI is InChI=1S/C34H36F6O2/c1-7-25-10-12-27(13-11-25)30-17-16-29(21-24(30)5)31(8-2,9-3)28-15-14-26(23(4)20-28)18-19-32(33(35,36)37,34(38,39)40)42-22-41-6/h10-17,20-21H,7-9,22H2,1-6H3. The third-order valence-corrected chi connectivity index (χ3v) is 8.00. The quantitative estimate of drug-likeness (QED) is 0.140. The second-order valence-electron chi connectivity index (χ2n) is 10.4. The van der Waals surface area contributed by atoms with Crippen molar-refractivity contribution >= 4 is 0 Å². The molecular weight excluding hydrogens is 554 g/mol. The van der Waals surface area contributed by atoms with Gasteiger partial charge >= 0.3 is 18.0 Å². The summed E-state index contributed by atoms with van der Waals surface area (Å²) in [5.74, 6) is 3.46. The third-order valence-electron chi connectivity index (χ3n) is 8.00. The topological polar surface area (TPSA) is 18.5 Å². The van der Waals surface area contributed by atoms with Crippen molar-refractivity contribution in [2.45, 2.75) is 77.2 Å². The minimum absolute atomic E-state index is 0.0424. The predicted octanol–water partition coefficient (Wildman–Crippen LogP) is 9.47.